The van der Waals surface area contributed by atoms with Crippen molar-refractivity contribution in [2.45, 2.75) is 13.8 Å². The summed E-state index contributed by atoms with van der Waals surface area (Å²) in [5.41, 5.74) is 8.51. The van der Waals surface area contributed by atoms with Crippen LogP contribution in [0, 0.1) is 13.8 Å². The number of pyridine rings is 1. The molecule has 1 aromatic heterocycles. The van der Waals surface area contributed by atoms with Crippen molar-refractivity contribution in [1.82, 2.24) is 4.98 Å². The fraction of sp³-hybridized carbons (Fsp3) is 0.154. The van der Waals surface area contributed by atoms with E-state index in [1.54, 1.807) is 12.3 Å². The first-order chi connectivity index (χ1) is 8.06. The Kier molecular flexibility index (Phi) is 3.33. The zero-order valence-corrected chi connectivity index (χ0v) is 11.3. The first kappa shape index (κ1) is 11.9. The van der Waals surface area contributed by atoms with E-state index in [-0.39, 0.29) is 0 Å². The van der Waals surface area contributed by atoms with Gasteiger partial charge in [0.15, 0.2) is 0 Å². The molecule has 2 rings (SSSR count). The third-order valence-corrected chi connectivity index (χ3v) is 2.93. The maximum absolute atomic E-state index is 5.74. The molecule has 0 bridgehead atoms. The van der Waals surface area contributed by atoms with Gasteiger partial charge in [0.1, 0.15) is 5.75 Å². The number of nitrogens with zero attached hydrogens (tertiary/aromatic N) is 1. The lowest BCUT2D eigenvalue weighted by Crippen LogP contribution is -1.94. The lowest BCUT2D eigenvalue weighted by molar-refractivity contribution is 0.456. The number of anilines is 1. The van der Waals surface area contributed by atoms with Gasteiger partial charge in [-0.05, 0) is 53.0 Å². The molecule has 1 aromatic carbocycles. The molecule has 0 fully saturated rings. The van der Waals surface area contributed by atoms with E-state index >= 15 is 0 Å². The molecule has 4 heteroatoms. The minimum atomic E-state index is 0.546. The van der Waals surface area contributed by atoms with Gasteiger partial charge in [0.25, 0.3) is 0 Å². The number of hydrogen-bond donors (Lipinski definition) is 1. The number of ether oxygens (including phenoxy) is 1. The number of rotatable bonds is 2. The van der Waals surface area contributed by atoms with E-state index in [1.165, 1.54) is 0 Å². The van der Waals surface area contributed by atoms with Crippen LogP contribution in [0.25, 0.3) is 0 Å². The molecule has 0 saturated heterocycles. The standard InChI is InChI=1S/C13H13BrN2O/c1-8-5-11(14)13(16-7-8)17-12-6-10(15)4-3-9(12)2/h3-7H,15H2,1-2H3. The number of halogens is 1. The highest BCUT2D eigenvalue weighted by Gasteiger charge is 2.07. The lowest BCUT2D eigenvalue weighted by atomic mass is 10.2. The largest absolute Gasteiger partial charge is 0.438 e. The first-order valence-electron chi connectivity index (χ1n) is 5.22. The molecular weight excluding hydrogens is 280 g/mol. The van der Waals surface area contributed by atoms with Crippen molar-refractivity contribution in [3.05, 3.63) is 46.1 Å². The summed E-state index contributed by atoms with van der Waals surface area (Å²) >= 11 is 3.43. The summed E-state index contributed by atoms with van der Waals surface area (Å²) < 4.78 is 6.57. The van der Waals surface area contributed by atoms with Gasteiger partial charge in [-0.1, -0.05) is 6.07 Å². The minimum Gasteiger partial charge on any atom is -0.438 e. The summed E-state index contributed by atoms with van der Waals surface area (Å²) in [7, 11) is 0. The van der Waals surface area contributed by atoms with Crippen molar-refractivity contribution in [2.24, 2.45) is 0 Å². The average Bonchev–Trinajstić information content (AvgIpc) is 2.27. The van der Waals surface area contributed by atoms with Gasteiger partial charge < -0.3 is 10.5 Å². The van der Waals surface area contributed by atoms with Gasteiger partial charge in [-0.15, -0.1) is 0 Å². The van der Waals surface area contributed by atoms with Crippen LogP contribution in [0.5, 0.6) is 11.6 Å². The van der Waals surface area contributed by atoms with E-state index in [4.69, 9.17) is 10.5 Å². The van der Waals surface area contributed by atoms with Crippen molar-refractivity contribution in [3.63, 3.8) is 0 Å². The van der Waals surface area contributed by atoms with Gasteiger partial charge in [-0.3, -0.25) is 0 Å². The van der Waals surface area contributed by atoms with Gasteiger partial charge in [-0.2, -0.15) is 0 Å². The lowest BCUT2D eigenvalue weighted by Gasteiger charge is -2.10. The minimum absolute atomic E-state index is 0.546. The second-order valence-corrected chi connectivity index (χ2v) is 4.78. The van der Waals surface area contributed by atoms with Gasteiger partial charge in [-0.25, -0.2) is 4.98 Å². The molecule has 0 aliphatic carbocycles. The van der Waals surface area contributed by atoms with E-state index in [2.05, 4.69) is 20.9 Å². The zero-order valence-electron chi connectivity index (χ0n) is 9.70. The van der Waals surface area contributed by atoms with Gasteiger partial charge >= 0.3 is 0 Å². The van der Waals surface area contributed by atoms with E-state index in [1.807, 2.05) is 32.0 Å². The van der Waals surface area contributed by atoms with Gasteiger partial charge in [0, 0.05) is 18.0 Å². The summed E-state index contributed by atoms with van der Waals surface area (Å²) in [6.07, 6.45) is 1.77. The Hall–Kier alpha value is -1.55. The third kappa shape index (κ3) is 2.77. The molecule has 1 heterocycles. The number of hydrogen-bond acceptors (Lipinski definition) is 3. The van der Waals surface area contributed by atoms with E-state index < -0.39 is 0 Å². The Bertz CT molecular complexity index is 555. The SMILES string of the molecule is Cc1cnc(Oc2cc(N)ccc2C)c(Br)c1. The Morgan fingerprint density at radius 1 is 1.24 bits per heavy atom. The highest BCUT2D eigenvalue weighted by molar-refractivity contribution is 9.10. The molecule has 17 heavy (non-hydrogen) atoms. The van der Waals surface area contributed by atoms with Crippen LogP contribution < -0.4 is 10.5 Å². The molecule has 0 radical (unpaired) electrons. The molecule has 0 saturated carbocycles. The second-order valence-electron chi connectivity index (χ2n) is 3.93. The van der Waals surface area contributed by atoms with Crippen LogP contribution in [0.2, 0.25) is 0 Å². The van der Waals surface area contributed by atoms with Crippen molar-refractivity contribution in [1.29, 1.82) is 0 Å². The summed E-state index contributed by atoms with van der Waals surface area (Å²) in [5, 5.41) is 0. The highest BCUT2D eigenvalue weighted by atomic mass is 79.9. The Morgan fingerprint density at radius 3 is 2.71 bits per heavy atom. The summed E-state index contributed by atoms with van der Waals surface area (Å²) in [6.45, 7) is 3.95. The maximum atomic E-state index is 5.74. The maximum Gasteiger partial charge on any atom is 0.233 e. The Balaban J connectivity index is 2.34. The van der Waals surface area contributed by atoms with Crippen LogP contribution in [0.15, 0.2) is 34.9 Å². The quantitative estimate of drug-likeness (QED) is 0.856. The van der Waals surface area contributed by atoms with E-state index in [0.29, 0.717) is 11.6 Å². The number of benzene rings is 1. The predicted octanol–water partition coefficient (Wildman–Crippen LogP) is 3.84. The third-order valence-electron chi connectivity index (χ3n) is 2.36. The molecule has 0 amide bonds. The molecule has 0 aliphatic rings. The van der Waals surface area contributed by atoms with Crippen LogP contribution in [0.1, 0.15) is 11.1 Å². The van der Waals surface area contributed by atoms with E-state index in [0.717, 1.165) is 21.3 Å². The predicted molar refractivity (Wildman–Crippen MR) is 72.3 cm³/mol. The molecule has 0 unspecified atom stereocenters. The van der Waals surface area contributed by atoms with Crippen molar-refractivity contribution < 1.29 is 4.74 Å². The smallest absolute Gasteiger partial charge is 0.233 e. The molecule has 2 aromatic rings. The van der Waals surface area contributed by atoms with Gasteiger partial charge in [0.2, 0.25) is 5.88 Å². The summed E-state index contributed by atoms with van der Waals surface area (Å²) in [4.78, 5) is 4.23. The molecule has 88 valence electrons. The zero-order chi connectivity index (χ0) is 12.4. The van der Waals surface area contributed by atoms with E-state index in [9.17, 15) is 0 Å². The highest BCUT2D eigenvalue weighted by Crippen LogP contribution is 2.30. The summed E-state index contributed by atoms with van der Waals surface area (Å²) in [5.74, 6) is 1.27. The number of aromatic nitrogens is 1. The second kappa shape index (κ2) is 4.75. The topological polar surface area (TPSA) is 48.1 Å². The molecule has 2 N–H and O–H groups in total. The number of aryl methyl sites for hydroxylation is 2. The van der Waals surface area contributed by atoms with Crippen molar-refractivity contribution in [3.8, 4) is 11.6 Å². The van der Waals surface area contributed by atoms with Crippen LogP contribution in [-0.2, 0) is 0 Å². The normalized spacial score (nSPS) is 10.3. The average molecular weight is 293 g/mol. The number of nitrogens with two attached hydrogens (primary N) is 1. The van der Waals surface area contributed by atoms with Gasteiger partial charge in [0.05, 0.1) is 4.47 Å². The molecular formula is C13H13BrN2O. The number of nitrogen functional groups attached to an aromatic ring is 1. The molecule has 0 spiro atoms. The fourth-order valence-electron chi connectivity index (χ4n) is 1.43. The van der Waals surface area contributed by atoms with Crippen LogP contribution in [-0.4, -0.2) is 4.98 Å². The van der Waals surface area contributed by atoms with Crippen LogP contribution >= 0.6 is 15.9 Å². The van der Waals surface area contributed by atoms with Crippen molar-refractivity contribution >= 4 is 21.6 Å². The summed E-state index contributed by atoms with van der Waals surface area (Å²) in [6, 6.07) is 7.53. The monoisotopic (exact) mass is 292 g/mol. The Labute approximate surface area is 109 Å². The van der Waals surface area contributed by atoms with Crippen molar-refractivity contribution in [2.75, 3.05) is 5.73 Å². The Morgan fingerprint density at radius 2 is 2.00 bits per heavy atom. The van der Waals surface area contributed by atoms with Crippen LogP contribution in [0.4, 0.5) is 5.69 Å². The molecule has 0 aliphatic heterocycles. The van der Waals surface area contributed by atoms with Crippen LogP contribution in [0.3, 0.4) is 0 Å². The molecule has 3 nitrogen and oxygen atoms in total. The molecule has 0 atom stereocenters. The fourth-order valence-corrected chi connectivity index (χ4v) is 1.97. The first-order valence-corrected chi connectivity index (χ1v) is 6.01.